The molecule has 0 radical (unpaired) electrons. The molecule has 0 saturated heterocycles. The summed E-state index contributed by atoms with van der Waals surface area (Å²) >= 11 is 5.07. The molecule has 0 aliphatic heterocycles. The summed E-state index contributed by atoms with van der Waals surface area (Å²) in [6, 6.07) is 0. The molecule has 2 unspecified atom stereocenters. The Morgan fingerprint density at radius 2 is 2.17 bits per heavy atom. The van der Waals surface area contributed by atoms with Crippen LogP contribution in [-0.4, -0.2) is 14.2 Å². The minimum absolute atomic E-state index is 0.461. The van der Waals surface area contributed by atoms with E-state index in [1.807, 2.05) is 0 Å². The summed E-state index contributed by atoms with van der Waals surface area (Å²) in [5, 5.41) is 1.14. The monoisotopic (exact) mass is 248 g/mol. The third kappa shape index (κ3) is 2.26. The molecule has 0 aliphatic carbocycles. The number of aromatic nitrogens is 2. The molecule has 0 saturated carbocycles. The Kier molecular flexibility index (Phi) is 3.65. The van der Waals surface area contributed by atoms with Gasteiger partial charge >= 0.3 is 0 Å². The first-order valence-electron chi connectivity index (χ1n) is 4.11. The standard InChI is InChI=1S/C8H13BrN2S/c1-4-7-10-8(12-11-7)5(2)6(3)9/h5-6H,4H2,1-3H3. The van der Waals surface area contributed by atoms with E-state index in [1.54, 1.807) is 0 Å². The summed E-state index contributed by atoms with van der Waals surface area (Å²) in [6.07, 6.45) is 0.930. The van der Waals surface area contributed by atoms with Crippen LogP contribution in [0.15, 0.2) is 0 Å². The molecule has 2 atom stereocenters. The number of hydrogen-bond donors (Lipinski definition) is 0. The van der Waals surface area contributed by atoms with E-state index in [0.29, 0.717) is 10.7 Å². The zero-order chi connectivity index (χ0) is 9.14. The molecule has 1 heterocycles. The third-order valence-electron chi connectivity index (χ3n) is 1.88. The fourth-order valence-corrected chi connectivity index (χ4v) is 2.10. The summed E-state index contributed by atoms with van der Waals surface area (Å²) in [6.45, 7) is 6.38. The number of hydrogen-bond acceptors (Lipinski definition) is 3. The Balaban J connectivity index is 2.74. The molecule has 68 valence electrons. The lowest BCUT2D eigenvalue weighted by atomic mass is 10.1. The van der Waals surface area contributed by atoms with Gasteiger partial charge in [-0.2, -0.15) is 4.37 Å². The van der Waals surface area contributed by atoms with Crippen molar-refractivity contribution in [3.63, 3.8) is 0 Å². The van der Waals surface area contributed by atoms with Gasteiger partial charge in [-0.15, -0.1) is 0 Å². The lowest BCUT2D eigenvalue weighted by molar-refractivity contribution is 0.747. The average molecular weight is 249 g/mol. The number of aryl methyl sites for hydroxylation is 1. The molecule has 0 aromatic carbocycles. The fourth-order valence-electron chi connectivity index (χ4n) is 0.792. The highest BCUT2D eigenvalue weighted by Gasteiger charge is 2.15. The van der Waals surface area contributed by atoms with Crippen molar-refractivity contribution in [1.82, 2.24) is 9.36 Å². The molecular formula is C8H13BrN2S. The second-order valence-corrected chi connectivity index (χ2v) is 5.10. The van der Waals surface area contributed by atoms with E-state index in [0.717, 1.165) is 17.3 Å². The lowest BCUT2D eigenvalue weighted by Crippen LogP contribution is -2.03. The van der Waals surface area contributed by atoms with Crippen LogP contribution >= 0.6 is 27.5 Å². The quantitative estimate of drug-likeness (QED) is 0.769. The minimum atomic E-state index is 0.461. The highest BCUT2D eigenvalue weighted by atomic mass is 79.9. The van der Waals surface area contributed by atoms with Gasteiger partial charge < -0.3 is 0 Å². The van der Waals surface area contributed by atoms with Crippen LogP contribution in [0.25, 0.3) is 0 Å². The van der Waals surface area contributed by atoms with E-state index in [4.69, 9.17) is 0 Å². The smallest absolute Gasteiger partial charge is 0.142 e. The Labute approximate surface area is 85.7 Å². The van der Waals surface area contributed by atoms with Crippen LogP contribution in [0.5, 0.6) is 0 Å². The van der Waals surface area contributed by atoms with Gasteiger partial charge in [0, 0.05) is 17.2 Å². The summed E-state index contributed by atoms with van der Waals surface area (Å²) in [4.78, 5) is 4.90. The van der Waals surface area contributed by atoms with E-state index in [-0.39, 0.29) is 0 Å². The van der Waals surface area contributed by atoms with Crippen LogP contribution in [0, 0.1) is 0 Å². The van der Waals surface area contributed by atoms with Crippen LogP contribution in [0.1, 0.15) is 37.5 Å². The molecule has 0 N–H and O–H groups in total. The van der Waals surface area contributed by atoms with Gasteiger partial charge in [-0.05, 0) is 11.5 Å². The van der Waals surface area contributed by atoms with E-state index >= 15 is 0 Å². The topological polar surface area (TPSA) is 25.8 Å². The van der Waals surface area contributed by atoms with Crippen molar-refractivity contribution < 1.29 is 0 Å². The van der Waals surface area contributed by atoms with Crippen molar-refractivity contribution in [2.24, 2.45) is 0 Å². The maximum atomic E-state index is 4.43. The van der Waals surface area contributed by atoms with Crippen molar-refractivity contribution in [3.05, 3.63) is 10.8 Å². The third-order valence-corrected chi connectivity index (χ3v) is 3.62. The Bertz CT molecular complexity index is 247. The van der Waals surface area contributed by atoms with Gasteiger partial charge in [0.15, 0.2) is 0 Å². The first kappa shape index (κ1) is 10.1. The summed E-state index contributed by atoms with van der Waals surface area (Å²) in [5.74, 6) is 1.43. The molecule has 4 heteroatoms. The van der Waals surface area contributed by atoms with Crippen molar-refractivity contribution in [2.75, 3.05) is 0 Å². The van der Waals surface area contributed by atoms with Crippen LogP contribution in [0.3, 0.4) is 0 Å². The highest BCUT2D eigenvalue weighted by Crippen LogP contribution is 2.25. The van der Waals surface area contributed by atoms with Crippen molar-refractivity contribution >= 4 is 27.5 Å². The van der Waals surface area contributed by atoms with E-state index < -0.39 is 0 Å². The predicted molar refractivity (Wildman–Crippen MR) is 56.1 cm³/mol. The largest absolute Gasteiger partial charge is 0.224 e. The van der Waals surface area contributed by atoms with Gasteiger partial charge in [0.2, 0.25) is 0 Å². The second kappa shape index (κ2) is 4.33. The molecular weight excluding hydrogens is 236 g/mol. The predicted octanol–water partition coefficient (Wildman–Crippen LogP) is 2.99. The SMILES string of the molecule is CCc1nsc(C(C)C(C)Br)n1. The molecule has 0 bridgehead atoms. The first-order chi connectivity index (χ1) is 5.65. The zero-order valence-corrected chi connectivity index (χ0v) is 9.94. The minimum Gasteiger partial charge on any atom is -0.224 e. The maximum absolute atomic E-state index is 4.43. The van der Waals surface area contributed by atoms with Crippen LogP contribution in [0.4, 0.5) is 0 Å². The van der Waals surface area contributed by atoms with Crippen LogP contribution < -0.4 is 0 Å². The van der Waals surface area contributed by atoms with Crippen molar-refractivity contribution in [1.29, 1.82) is 0 Å². The maximum Gasteiger partial charge on any atom is 0.142 e. The summed E-state index contributed by atoms with van der Waals surface area (Å²) in [5.41, 5.74) is 0. The van der Waals surface area contributed by atoms with E-state index in [2.05, 4.69) is 46.1 Å². The summed E-state index contributed by atoms with van der Waals surface area (Å²) < 4.78 is 4.25. The zero-order valence-electron chi connectivity index (χ0n) is 7.54. The van der Waals surface area contributed by atoms with Crippen LogP contribution in [-0.2, 0) is 6.42 Å². The molecule has 0 aliphatic rings. The van der Waals surface area contributed by atoms with E-state index in [1.165, 1.54) is 11.5 Å². The molecule has 0 spiro atoms. The lowest BCUT2D eigenvalue weighted by Gasteiger charge is -2.08. The molecule has 0 amide bonds. The molecule has 0 fully saturated rings. The average Bonchev–Trinajstić information content (AvgIpc) is 2.50. The Hall–Kier alpha value is 0.0400. The first-order valence-corrected chi connectivity index (χ1v) is 5.80. The van der Waals surface area contributed by atoms with Crippen molar-refractivity contribution in [3.8, 4) is 0 Å². The second-order valence-electron chi connectivity index (χ2n) is 2.87. The van der Waals surface area contributed by atoms with Gasteiger partial charge in [0.25, 0.3) is 0 Å². The molecule has 1 aromatic rings. The molecule has 1 rings (SSSR count). The number of halogens is 1. The van der Waals surface area contributed by atoms with Crippen LogP contribution in [0.2, 0.25) is 0 Å². The number of alkyl halides is 1. The highest BCUT2D eigenvalue weighted by molar-refractivity contribution is 9.09. The Morgan fingerprint density at radius 3 is 2.58 bits per heavy atom. The number of rotatable bonds is 3. The van der Waals surface area contributed by atoms with Gasteiger partial charge in [-0.3, -0.25) is 0 Å². The van der Waals surface area contributed by atoms with Gasteiger partial charge in [0.05, 0.1) is 0 Å². The molecule has 2 nitrogen and oxygen atoms in total. The molecule has 12 heavy (non-hydrogen) atoms. The Morgan fingerprint density at radius 1 is 1.50 bits per heavy atom. The van der Waals surface area contributed by atoms with E-state index in [9.17, 15) is 0 Å². The van der Waals surface area contributed by atoms with Gasteiger partial charge in [-0.25, -0.2) is 4.98 Å². The van der Waals surface area contributed by atoms with Gasteiger partial charge in [-0.1, -0.05) is 36.7 Å². The van der Waals surface area contributed by atoms with Gasteiger partial charge in [0.1, 0.15) is 10.8 Å². The number of nitrogens with zero attached hydrogens (tertiary/aromatic N) is 2. The molecule has 1 aromatic heterocycles. The normalized spacial score (nSPS) is 16.0. The fraction of sp³-hybridized carbons (Fsp3) is 0.750. The van der Waals surface area contributed by atoms with Crippen molar-refractivity contribution in [2.45, 2.75) is 37.9 Å². The summed E-state index contributed by atoms with van der Waals surface area (Å²) in [7, 11) is 0.